The largest absolute Gasteiger partial charge is 0.375 e. The van der Waals surface area contributed by atoms with Gasteiger partial charge in [-0.2, -0.15) is 0 Å². The molecule has 3 aliphatic heterocycles. The summed E-state index contributed by atoms with van der Waals surface area (Å²) >= 11 is 0. The van der Waals surface area contributed by atoms with Crippen molar-refractivity contribution in [2.24, 2.45) is 0 Å². The van der Waals surface area contributed by atoms with Crippen LogP contribution in [0.25, 0.3) is 5.69 Å². The molecule has 2 atom stereocenters. The lowest BCUT2D eigenvalue weighted by Gasteiger charge is -2.30. The fraction of sp³-hybridized carbons (Fsp3) is 0.429. The maximum atomic E-state index is 12.8. The van der Waals surface area contributed by atoms with Crippen LogP contribution in [0.5, 0.6) is 0 Å². The van der Waals surface area contributed by atoms with Crippen molar-refractivity contribution in [2.75, 3.05) is 19.7 Å². The number of piperidine rings is 1. The third-order valence-corrected chi connectivity index (χ3v) is 6.01. The van der Waals surface area contributed by atoms with Gasteiger partial charge in [0.05, 0.1) is 24.6 Å². The molecule has 1 aromatic carbocycles. The minimum absolute atomic E-state index is 0.0238. The van der Waals surface area contributed by atoms with E-state index in [9.17, 15) is 19.2 Å². The van der Waals surface area contributed by atoms with Gasteiger partial charge < -0.3 is 14.5 Å². The van der Waals surface area contributed by atoms with Gasteiger partial charge in [0.2, 0.25) is 11.8 Å². The van der Waals surface area contributed by atoms with Crippen molar-refractivity contribution in [1.82, 2.24) is 30.1 Å². The second kappa shape index (κ2) is 7.83. The van der Waals surface area contributed by atoms with Gasteiger partial charge in [0.15, 0.2) is 5.69 Å². The summed E-state index contributed by atoms with van der Waals surface area (Å²) in [5.74, 6) is -1.20. The maximum Gasteiger partial charge on any atom is 0.276 e. The first-order valence-electron chi connectivity index (χ1n) is 10.5. The first kappa shape index (κ1) is 20.3. The van der Waals surface area contributed by atoms with Crippen molar-refractivity contribution in [1.29, 1.82) is 0 Å². The fourth-order valence-electron chi connectivity index (χ4n) is 4.36. The molecule has 2 aromatic rings. The number of nitrogens with one attached hydrogen (secondary N) is 1. The van der Waals surface area contributed by atoms with Crippen LogP contribution in [0.3, 0.4) is 0 Å². The van der Waals surface area contributed by atoms with Gasteiger partial charge in [-0.15, -0.1) is 5.10 Å². The lowest BCUT2D eigenvalue weighted by atomic mass is 10.0. The van der Waals surface area contributed by atoms with E-state index in [0.29, 0.717) is 37.4 Å². The van der Waals surface area contributed by atoms with E-state index in [2.05, 4.69) is 15.6 Å². The summed E-state index contributed by atoms with van der Waals surface area (Å²) in [6, 6.07) is 4.55. The van der Waals surface area contributed by atoms with Crippen molar-refractivity contribution in [2.45, 2.75) is 38.5 Å². The number of hydrogen-bond acceptors (Lipinski definition) is 7. The predicted octanol–water partition coefficient (Wildman–Crippen LogP) is -0.111. The number of benzene rings is 1. The van der Waals surface area contributed by atoms with Gasteiger partial charge in [-0.25, -0.2) is 4.68 Å². The number of carbonyl (C=O) groups is 4. The highest BCUT2D eigenvalue weighted by Crippen LogP contribution is 2.29. The van der Waals surface area contributed by atoms with Gasteiger partial charge in [-0.05, 0) is 37.1 Å². The summed E-state index contributed by atoms with van der Waals surface area (Å²) in [4.78, 5) is 52.4. The summed E-state index contributed by atoms with van der Waals surface area (Å²) in [6.07, 6.45) is 2.06. The average molecular weight is 438 g/mol. The zero-order chi connectivity index (χ0) is 22.4. The van der Waals surface area contributed by atoms with Crippen LogP contribution in [0.15, 0.2) is 24.4 Å². The molecule has 166 valence electrons. The SMILES string of the molecule is C[C@H]1CN(C(=O)c2cn(-c3ccc4c(c3)CN(C3CCC(=O)NC3=O)C4=O)nn2)CCO1. The zero-order valence-electron chi connectivity index (χ0n) is 17.5. The second-order valence-corrected chi connectivity index (χ2v) is 8.22. The van der Waals surface area contributed by atoms with Crippen molar-refractivity contribution in [3.05, 3.63) is 41.2 Å². The first-order valence-corrected chi connectivity index (χ1v) is 10.5. The number of nitrogens with zero attached hydrogens (tertiary/aromatic N) is 5. The Bertz CT molecular complexity index is 1130. The topological polar surface area (TPSA) is 127 Å². The molecule has 1 unspecified atom stereocenters. The quantitative estimate of drug-likeness (QED) is 0.663. The summed E-state index contributed by atoms with van der Waals surface area (Å²) in [5.41, 5.74) is 2.16. The van der Waals surface area contributed by atoms with E-state index < -0.39 is 11.9 Å². The molecule has 32 heavy (non-hydrogen) atoms. The molecular formula is C21H22N6O5. The molecule has 11 heteroatoms. The minimum atomic E-state index is -0.664. The van der Waals surface area contributed by atoms with Crippen LogP contribution in [0, 0.1) is 0 Å². The highest BCUT2D eigenvalue weighted by Gasteiger charge is 2.39. The van der Waals surface area contributed by atoms with Gasteiger partial charge >= 0.3 is 0 Å². The first-order chi connectivity index (χ1) is 15.4. The van der Waals surface area contributed by atoms with Gasteiger partial charge in [0.25, 0.3) is 11.8 Å². The Morgan fingerprint density at radius 1 is 1.25 bits per heavy atom. The number of fused-ring (bicyclic) bond motifs is 1. The monoisotopic (exact) mass is 438 g/mol. The molecule has 0 bridgehead atoms. The Hall–Kier alpha value is -3.60. The predicted molar refractivity (Wildman–Crippen MR) is 109 cm³/mol. The van der Waals surface area contributed by atoms with E-state index in [1.165, 1.54) is 9.58 Å². The van der Waals surface area contributed by atoms with Crippen LogP contribution in [0.2, 0.25) is 0 Å². The number of imide groups is 1. The number of aromatic nitrogens is 3. The van der Waals surface area contributed by atoms with Crippen molar-refractivity contribution >= 4 is 23.6 Å². The Kier molecular flexibility index (Phi) is 4.97. The van der Waals surface area contributed by atoms with E-state index in [0.717, 1.165) is 5.56 Å². The molecule has 4 amide bonds. The molecule has 1 aromatic heterocycles. The van der Waals surface area contributed by atoms with Crippen LogP contribution in [0.4, 0.5) is 0 Å². The molecule has 4 heterocycles. The van der Waals surface area contributed by atoms with E-state index >= 15 is 0 Å². The van der Waals surface area contributed by atoms with Gasteiger partial charge in [0, 0.05) is 31.6 Å². The molecule has 3 aliphatic rings. The van der Waals surface area contributed by atoms with E-state index in [1.807, 2.05) is 6.92 Å². The molecule has 2 saturated heterocycles. The Labute approximate surface area is 183 Å². The lowest BCUT2D eigenvalue weighted by molar-refractivity contribution is -0.136. The normalized spacial score (nSPS) is 23.3. The molecule has 0 saturated carbocycles. The molecule has 5 rings (SSSR count). The summed E-state index contributed by atoms with van der Waals surface area (Å²) in [7, 11) is 0. The maximum absolute atomic E-state index is 12.8. The zero-order valence-corrected chi connectivity index (χ0v) is 17.5. The van der Waals surface area contributed by atoms with Crippen molar-refractivity contribution in [3.63, 3.8) is 0 Å². The fourth-order valence-corrected chi connectivity index (χ4v) is 4.36. The second-order valence-electron chi connectivity index (χ2n) is 8.22. The highest BCUT2D eigenvalue weighted by atomic mass is 16.5. The molecular weight excluding hydrogens is 416 g/mol. The number of carbonyl (C=O) groups excluding carboxylic acids is 4. The summed E-state index contributed by atoms with van der Waals surface area (Å²) < 4.78 is 6.97. The molecule has 0 aliphatic carbocycles. The van der Waals surface area contributed by atoms with E-state index in [1.54, 1.807) is 29.3 Å². The number of ether oxygens (including phenoxy) is 1. The van der Waals surface area contributed by atoms with Gasteiger partial charge in [0.1, 0.15) is 6.04 Å². The van der Waals surface area contributed by atoms with Crippen LogP contribution >= 0.6 is 0 Å². The van der Waals surface area contributed by atoms with Crippen LogP contribution < -0.4 is 5.32 Å². The van der Waals surface area contributed by atoms with Crippen molar-refractivity contribution < 1.29 is 23.9 Å². The van der Waals surface area contributed by atoms with E-state index in [-0.39, 0.29) is 42.5 Å². The summed E-state index contributed by atoms with van der Waals surface area (Å²) in [6.45, 7) is 3.68. The van der Waals surface area contributed by atoms with Crippen LogP contribution in [-0.4, -0.2) is 80.3 Å². The standard InChI is InChI=1S/C21H22N6O5/c1-12-9-25(6-7-32-12)21(31)16-11-27(24-23-16)14-2-3-15-13(8-14)10-26(20(15)30)17-4-5-18(28)22-19(17)29/h2-3,8,11-12,17H,4-7,9-10H2,1H3,(H,22,28,29)/t12-,17?/m0/s1. The number of morpholine rings is 1. The Morgan fingerprint density at radius 3 is 2.88 bits per heavy atom. The Morgan fingerprint density at radius 2 is 2.09 bits per heavy atom. The number of amides is 4. The van der Waals surface area contributed by atoms with Gasteiger partial charge in [-0.1, -0.05) is 5.21 Å². The van der Waals surface area contributed by atoms with Crippen LogP contribution in [-0.2, 0) is 20.9 Å². The molecule has 11 nitrogen and oxygen atoms in total. The molecule has 2 fully saturated rings. The number of hydrogen-bond donors (Lipinski definition) is 1. The number of rotatable bonds is 3. The smallest absolute Gasteiger partial charge is 0.276 e. The minimum Gasteiger partial charge on any atom is -0.375 e. The van der Waals surface area contributed by atoms with Crippen LogP contribution in [0.1, 0.15) is 46.2 Å². The average Bonchev–Trinajstić information content (AvgIpc) is 3.38. The summed E-state index contributed by atoms with van der Waals surface area (Å²) in [5, 5.41) is 10.4. The molecule has 0 spiro atoms. The third kappa shape index (κ3) is 3.54. The van der Waals surface area contributed by atoms with Crippen molar-refractivity contribution in [3.8, 4) is 5.69 Å². The lowest BCUT2D eigenvalue weighted by Crippen LogP contribution is -2.52. The molecule has 0 radical (unpaired) electrons. The molecule has 1 N–H and O–H groups in total. The highest BCUT2D eigenvalue weighted by molar-refractivity contribution is 6.05. The third-order valence-electron chi connectivity index (χ3n) is 6.01. The Balaban J connectivity index is 1.34. The van der Waals surface area contributed by atoms with Gasteiger partial charge in [-0.3, -0.25) is 24.5 Å². The van der Waals surface area contributed by atoms with E-state index in [4.69, 9.17) is 4.74 Å².